The highest BCUT2D eigenvalue weighted by Crippen LogP contribution is 2.21. The average Bonchev–Trinajstić information content (AvgIpc) is 3.10. The number of anilines is 1. The van der Waals surface area contributed by atoms with Gasteiger partial charge in [-0.1, -0.05) is 6.92 Å². The van der Waals surface area contributed by atoms with Gasteiger partial charge in [0.1, 0.15) is 17.7 Å². The number of amides is 1. The van der Waals surface area contributed by atoms with Gasteiger partial charge < -0.3 is 14.5 Å². The minimum atomic E-state index is -0.297. The number of H-pyrrole nitrogens is 1. The van der Waals surface area contributed by atoms with Crippen molar-refractivity contribution in [1.29, 1.82) is 0 Å². The summed E-state index contributed by atoms with van der Waals surface area (Å²) in [5, 5.41) is 7.09. The van der Waals surface area contributed by atoms with Gasteiger partial charge in [0, 0.05) is 38.8 Å². The topological polar surface area (TPSA) is 87.2 Å². The van der Waals surface area contributed by atoms with Gasteiger partial charge in [0.05, 0.1) is 13.2 Å². The van der Waals surface area contributed by atoms with E-state index in [9.17, 15) is 4.79 Å². The maximum Gasteiger partial charge on any atom is 0.254 e. The number of morpholine rings is 1. The van der Waals surface area contributed by atoms with Crippen LogP contribution in [-0.4, -0.2) is 64.8 Å². The number of aromatic nitrogens is 4. The number of nitrogens with one attached hydrogen (secondary N) is 1. The molecule has 0 spiro atoms. The monoisotopic (exact) mass is 330 g/mol. The Morgan fingerprint density at radius 3 is 3.04 bits per heavy atom. The molecule has 0 aliphatic carbocycles. The Hall–Kier alpha value is -2.48. The summed E-state index contributed by atoms with van der Waals surface area (Å²) in [6, 6.07) is 3.54. The highest BCUT2D eigenvalue weighted by molar-refractivity contribution is 5.95. The predicted octanol–water partition coefficient (Wildman–Crippen LogP) is 1.04. The lowest BCUT2D eigenvalue weighted by Crippen LogP contribution is -2.42. The second-order valence-corrected chi connectivity index (χ2v) is 5.90. The smallest absolute Gasteiger partial charge is 0.254 e. The first-order valence-corrected chi connectivity index (χ1v) is 8.04. The van der Waals surface area contributed by atoms with Crippen LogP contribution in [0.25, 0.3) is 0 Å². The Kier molecular flexibility index (Phi) is 4.75. The van der Waals surface area contributed by atoms with Gasteiger partial charge in [0.2, 0.25) is 0 Å². The fraction of sp³-hybridized carbons (Fsp3) is 0.500. The van der Waals surface area contributed by atoms with Crippen LogP contribution in [0.3, 0.4) is 0 Å². The zero-order valence-corrected chi connectivity index (χ0v) is 14.2. The minimum Gasteiger partial charge on any atom is -0.366 e. The highest BCUT2D eigenvalue weighted by Gasteiger charge is 2.28. The molecule has 1 fully saturated rings. The summed E-state index contributed by atoms with van der Waals surface area (Å²) >= 11 is 0. The number of hydrogen-bond acceptors (Lipinski definition) is 6. The first kappa shape index (κ1) is 16.4. The van der Waals surface area contributed by atoms with E-state index in [2.05, 4.69) is 20.2 Å². The maximum absolute atomic E-state index is 12.8. The third kappa shape index (κ3) is 3.38. The Morgan fingerprint density at radius 1 is 1.50 bits per heavy atom. The molecule has 1 aliphatic rings. The molecule has 2 aromatic rings. The van der Waals surface area contributed by atoms with E-state index in [1.165, 1.54) is 0 Å². The summed E-state index contributed by atoms with van der Waals surface area (Å²) in [5.41, 5.74) is 0.624. The number of rotatable bonds is 4. The number of carbonyl (C=O) groups is 1. The quantitative estimate of drug-likeness (QED) is 0.901. The second-order valence-electron chi connectivity index (χ2n) is 5.90. The van der Waals surface area contributed by atoms with E-state index >= 15 is 0 Å². The Morgan fingerprint density at radius 2 is 2.33 bits per heavy atom. The lowest BCUT2D eigenvalue weighted by atomic mass is 10.2. The van der Waals surface area contributed by atoms with Crippen LogP contribution < -0.4 is 4.90 Å². The number of carbonyl (C=O) groups excluding carboxylic acids is 1. The van der Waals surface area contributed by atoms with E-state index < -0.39 is 0 Å². The van der Waals surface area contributed by atoms with Gasteiger partial charge in [0.15, 0.2) is 5.82 Å². The molecular formula is C16H22N6O2. The van der Waals surface area contributed by atoms with Gasteiger partial charge >= 0.3 is 0 Å². The SMILES string of the molecule is CCc1nc([C@@H]2CN(C(=O)c3ccnc(N(C)C)c3)CCO2)n[nH]1. The van der Waals surface area contributed by atoms with Gasteiger partial charge in [-0.3, -0.25) is 9.89 Å². The third-order valence-corrected chi connectivity index (χ3v) is 3.98. The third-order valence-electron chi connectivity index (χ3n) is 3.98. The largest absolute Gasteiger partial charge is 0.366 e. The van der Waals surface area contributed by atoms with E-state index in [0.717, 1.165) is 18.1 Å². The number of aryl methyl sites for hydroxylation is 1. The van der Waals surface area contributed by atoms with Crippen molar-refractivity contribution in [3.63, 3.8) is 0 Å². The summed E-state index contributed by atoms with van der Waals surface area (Å²) in [7, 11) is 3.80. The number of pyridine rings is 1. The molecule has 0 saturated carbocycles. The van der Waals surface area contributed by atoms with Crippen LogP contribution in [-0.2, 0) is 11.2 Å². The van der Waals surface area contributed by atoms with Crippen LogP contribution in [0, 0.1) is 0 Å². The van der Waals surface area contributed by atoms with Crippen LogP contribution in [0.4, 0.5) is 5.82 Å². The molecule has 0 aromatic carbocycles. The van der Waals surface area contributed by atoms with Crippen LogP contribution in [0.5, 0.6) is 0 Å². The Labute approximate surface area is 140 Å². The molecule has 1 saturated heterocycles. The number of ether oxygens (including phenoxy) is 1. The van der Waals surface area contributed by atoms with Crippen LogP contribution in [0.15, 0.2) is 18.3 Å². The Balaban J connectivity index is 1.74. The summed E-state index contributed by atoms with van der Waals surface area (Å²) in [6.07, 6.45) is 2.14. The van der Waals surface area contributed by atoms with E-state index in [-0.39, 0.29) is 12.0 Å². The molecular weight excluding hydrogens is 308 g/mol. The first-order chi connectivity index (χ1) is 11.6. The van der Waals surface area contributed by atoms with Crippen molar-refractivity contribution in [1.82, 2.24) is 25.1 Å². The van der Waals surface area contributed by atoms with Gasteiger partial charge in [0.25, 0.3) is 5.91 Å². The summed E-state index contributed by atoms with van der Waals surface area (Å²) in [6.45, 7) is 3.48. The zero-order chi connectivity index (χ0) is 17.1. The van der Waals surface area contributed by atoms with Crippen molar-refractivity contribution < 1.29 is 9.53 Å². The molecule has 128 valence electrons. The Bertz CT molecular complexity index is 714. The van der Waals surface area contributed by atoms with Crippen molar-refractivity contribution in [2.75, 3.05) is 38.7 Å². The lowest BCUT2D eigenvalue weighted by molar-refractivity contribution is -0.0266. The molecule has 3 rings (SSSR count). The lowest BCUT2D eigenvalue weighted by Gasteiger charge is -2.31. The summed E-state index contributed by atoms with van der Waals surface area (Å²) < 4.78 is 5.74. The maximum atomic E-state index is 12.8. The predicted molar refractivity (Wildman–Crippen MR) is 88.9 cm³/mol. The fourth-order valence-corrected chi connectivity index (χ4v) is 2.58. The van der Waals surface area contributed by atoms with Crippen molar-refractivity contribution in [3.8, 4) is 0 Å². The highest BCUT2D eigenvalue weighted by atomic mass is 16.5. The average molecular weight is 330 g/mol. The van der Waals surface area contributed by atoms with Gasteiger partial charge in [-0.05, 0) is 12.1 Å². The molecule has 3 heterocycles. The van der Waals surface area contributed by atoms with Crippen LogP contribution >= 0.6 is 0 Å². The van der Waals surface area contributed by atoms with Crippen LogP contribution in [0.2, 0.25) is 0 Å². The van der Waals surface area contributed by atoms with Crippen LogP contribution in [0.1, 0.15) is 35.0 Å². The molecule has 0 bridgehead atoms. The normalized spacial score (nSPS) is 17.8. The summed E-state index contributed by atoms with van der Waals surface area (Å²) in [4.78, 5) is 25.1. The number of nitrogens with zero attached hydrogens (tertiary/aromatic N) is 5. The fourth-order valence-electron chi connectivity index (χ4n) is 2.58. The van der Waals surface area contributed by atoms with Gasteiger partial charge in [-0.15, -0.1) is 0 Å². The molecule has 1 aliphatic heterocycles. The van der Waals surface area contributed by atoms with E-state index in [1.54, 1.807) is 23.2 Å². The number of aromatic amines is 1. The van der Waals surface area contributed by atoms with E-state index in [4.69, 9.17) is 4.74 Å². The first-order valence-electron chi connectivity index (χ1n) is 8.04. The van der Waals surface area contributed by atoms with Gasteiger partial charge in [-0.2, -0.15) is 5.10 Å². The molecule has 0 unspecified atom stereocenters. The van der Waals surface area contributed by atoms with Gasteiger partial charge in [-0.25, -0.2) is 9.97 Å². The molecule has 8 heteroatoms. The van der Waals surface area contributed by atoms with Crippen molar-refractivity contribution >= 4 is 11.7 Å². The molecule has 0 radical (unpaired) electrons. The summed E-state index contributed by atoms with van der Waals surface area (Å²) in [5.74, 6) is 2.15. The zero-order valence-electron chi connectivity index (χ0n) is 14.2. The van der Waals surface area contributed by atoms with Crippen molar-refractivity contribution in [2.24, 2.45) is 0 Å². The molecule has 1 N–H and O–H groups in total. The van der Waals surface area contributed by atoms with Crippen molar-refractivity contribution in [3.05, 3.63) is 35.5 Å². The standard InChI is InChI=1S/C16H22N6O2/c1-4-13-18-15(20-19-13)12-10-22(7-8-24-12)16(23)11-5-6-17-14(9-11)21(2)3/h5-6,9,12H,4,7-8,10H2,1-3H3,(H,18,19,20)/t12-/m0/s1. The minimum absolute atomic E-state index is 0.0277. The molecule has 8 nitrogen and oxygen atoms in total. The molecule has 1 amide bonds. The number of hydrogen-bond donors (Lipinski definition) is 1. The molecule has 24 heavy (non-hydrogen) atoms. The second kappa shape index (κ2) is 6.96. The molecule has 1 atom stereocenters. The molecule has 2 aromatic heterocycles. The van der Waals surface area contributed by atoms with Crippen molar-refractivity contribution in [2.45, 2.75) is 19.4 Å². The van der Waals surface area contributed by atoms with E-state index in [0.29, 0.717) is 31.1 Å². The van der Waals surface area contributed by atoms with E-state index in [1.807, 2.05) is 25.9 Å².